The summed E-state index contributed by atoms with van der Waals surface area (Å²) in [7, 11) is 3.58. The quantitative estimate of drug-likeness (QED) is 0.835. The number of carbonyl (C=O) groups is 1. The van der Waals surface area contributed by atoms with Gasteiger partial charge in [-0.15, -0.1) is 0 Å². The zero-order chi connectivity index (χ0) is 16.8. The molecule has 128 valence electrons. The first kappa shape index (κ1) is 17.8. The molecule has 1 amide bonds. The first-order valence-electron chi connectivity index (χ1n) is 8.31. The largest absolute Gasteiger partial charge is 0.497 e. The summed E-state index contributed by atoms with van der Waals surface area (Å²) < 4.78 is 5.16. The molecule has 1 saturated heterocycles. The molecule has 23 heavy (non-hydrogen) atoms. The van der Waals surface area contributed by atoms with Gasteiger partial charge in [-0.2, -0.15) is 0 Å². The first-order valence-corrected chi connectivity index (χ1v) is 8.31. The molecule has 2 unspecified atom stereocenters. The maximum atomic E-state index is 12.3. The van der Waals surface area contributed by atoms with Crippen LogP contribution in [0.2, 0.25) is 0 Å². The van der Waals surface area contributed by atoms with Crippen LogP contribution in [0.25, 0.3) is 0 Å². The number of likely N-dealkylation sites (tertiary alicyclic amines) is 1. The van der Waals surface area contributed by atoms with Crippen LogP contribution in [0.3, 0.4) is 0 Å². The van der Waals surface area contributed by atoms with Gasteiger partial charge in [0, 0.05) is 25.6 Å². The van der Waals surface area contributed by atoms with Gasteiger partial charge in [-0.3, -0.25) is 9.69 Å². The molecule has 0 bridgehead atoms. The van der Waals surface area contributed by atoms with Gasteiger partial charge in [0.2, 0.25) is 5.91 Å². The normalized spacial score (nSPS) is 19.2. The number of hydrogen-bond acceptors (Lipinski definition) is 4. The Balaban J connectivity index is 1.91. The monoisotopic (exact) mass is 320 g/mol. The molecule has 5 heteroatoms. The lowest BCUT2D eigenvalue weighted by Crippen LogP contribution is -2.37. The Kier molecular flexibility index (Phi) is 6.42. The standard InChI is InChI=1S/C18H28N2O3/c1-14-5-4-11-20(14)18(22)10-12-19(2)17(13-21)15-6-8-16(23-3)9-7-15/h6-9,14,17,21H,4-5,10-13H2,1-3H3. The third-order valence-corrected chi connectivity index (χ3v) is 4.76. The minimum Gasteiger partial charge on any atom is -0.497 e. The number of rotatable bonds is 7. The van der Waals surface area contributed by atoms with Gasteiger partial charge >= 0.3 is 0 Å². The number of carbonyl (C=O) groups excluding carboxylic acids is 1. The van der Waals surface area contributed by atoms with Gasteiger partial charge in [0.15, 0.2) is 0 Å². The van der Waals surface area contributed by atoms with Crippen molar-refractivity contribution in [2.45, 2.75) is 38.3 Å². The fourth-order valence-electron chi connectivity index (χ4n) is 3.20. The van der Waals surface area contributed by atoms with Crippen LogP contribution in [0, 0.1) is 0 Å². The van der Waals surface area contributed by atoms with Crippen molar-refractivity contribution < 1.29 is 14.6 Å². The highest BCUT2D eigenvalue weighted by atomic mass is 16.5. The Hall–Kier alpha value is -1.59. The summed E-state index contributed by atoms with van der Waals surface area (Å²) in [5.41, 5.74) is 1.03. The SMILES string of the molecule is COc1ccc(C(CO)N(C)CCC(=O)N2CCCC2C)cc1. The van der Waals surface area contributed by atoms with Crippen LogP contribution >= 0.6 is 0 Å². The molecular formula is C18H28N2O3. The summed E-state index contributed by atoms with van der Waals surface area (Å²) >= 11 is 0. The molecule has 0 aliphatic carbocycles. The summed E-state index contributed by atoms with van der Waals surface area (Å²) in [6.07, 6.45) is 2.70. The molecule has 1 aromatic rings. The number of benzene rings is 1. The number of nitrogens with zero attached hydrogens (tertiary/aromatic N) is 2. The van der Waals surface area contributed by atoms with Gasteiger partial charge in [-0.05, 0) is 44.5 Å². The second-order valence-electron chi connectivity index (χ2n) is 6.28. The highest BCUT2D eigenvalue weighted by Crippen LogP contribution is 2.23. The van der Waals surface area contributed by atoms with E-state index in [1.54, 1.807) is 7.11 Å². The molecule has 5 nitrogen and oxygen atoms in total. The number of amides is 1. The van der Waals surface area contributed by atoms with Crippen LogP contribution in [-0.2, 0) is 4.79 Å². The second-order valence-corrected chi connectivity index (χ2v) is 6.28. The van der Waals surface area contributed by atoms with Gasteiger partial charge in [0.25, 0.3) is 0 Å². The van der Waals surface area contributed by atoms with Crippen LogP contribution in [-0.4, -0.2) is 60.7 Å². The number of methoxy groups -OCH3 is 1. The van der Waals surface area contributed by atoms with E-state index in [4.69, 9.17) is 4.74 Å². The van der Waals surface area contributed by atoms with E-state index in [-0.39, 0.29) is 18.6 Å². The molecular weight excluding hydrogens is 292 g/mol. The number of aliphatic hydroxyl groups is 1. The number of likely N-dealkylation sites (N-methyl/N-ethyl adjacent to an activating group) is 1. The lowest BCUT2D eigenvalue weighted by atomic mass is 10.1. The molecule has 1 aliphatic heterocycles. The van der Waals surface area contributed by atoms with Gasteiger partial charge in [0.05, 0.1) is 19.8 Å². The van der Waals surface area contributed by atoms with Crippen LogP contribution < -0.4 is 4.74 Å². The van der Waals surface area contributed by atoms with Crippen molar-refractivity contribution in [3.05, 3.63) is 29.8 Å². The second kappa shape index (κ2) is 8.31. The average molecular weight is 320 g/mol. The zero-order valence-electron chi connectivity index (χ0n) is 14.4. The van der Waals surface area contributed by atoms with Crippen LogP contribution in [0.5, 0.6) is 5.75 Å². The van der Waals surface area contributed by atoms with Crippen molar-refractivity contribution in [1.82, 2.24) is 9.80 Å². The van der Waals surface area contributed by atoms with Crippen molar-refractivity contribution in [3.63, 3.8) is 0 Å². The number of hydrogen-bond donors (Lipinski definition) is 1. The van der Waals surface area contributed by atoms with Crippen LogP contribution in [0.1, 0.15) is 37.8 Å². The molecule has 1 fully saturated rings. The molecule has 0 radical (unpaired) electrons. The Morgan fingerprint density at radius 3 is 2.65 bits per heavy atom. The highest BCUT2D eigenvalue weighted by Gasteiger charge is 2.25. The Bertz CT molecular complexity index is 503. The molecule has 0 saturated carbocycles. The topological polar surface area (TPSA) is 53.0 Å². The van der Waals surface area contributed by atoms with Crippen molar-refractivity contribution >= 4 is 5.91 Å². The predicted octanol–water partition coefficient (Wildman–Crippen LogP) is 2.06. The molecule has 0 spiro atoms. The lowest BCUT2D eigenvalue weighted by molar-refractivity contribution is -0.132. The molecule has 1 N–H and O–H groups in total. The molecule has 1 heterocycles. The molecule has 1 aromatic carbocycles. The summed E-state index contributed by atoms with van der Waals surface area (Å²) in [4.78, 5) is 16.3. The first-order chi connectivity index (χ1) is 11.1. The highest BCUT2D eigenvalue weighted by molar-refractivity contribution is 5.77. The smallest absolute Gasteiger partial charge is 0.224 e. The Morgan fingerprint density at radius 1 is 1.43 bits per heavy atom. The van der Waals surface area contributed by atoms with E-state index < -0.39 is 0 Å². The molecule has 2 rings (SSSR count). The predicted molar refractivity (Wildman–Crippen MR) is 90.5 cm³/mol. The van der Waals surface area contributed by atoms with E-state index >= 15 is 0 Å². The lowest BCUT2D eigenvalue weighted by Gasteiger charge is -2.28. The van der Waals surface area contributed by atoms with Crippen molar-refractivity contribution in [3.8, 4) is 5.75 Å². The summed E-state index contributed by atoms with van der Waals surface area (Å²) in [5.74, 6) is 1.01. The van der Waals surface area contributed by atoms with Crippen molar-refractivity contribution in [2.24, 2.45) is 0 Å². The Labute approximate surface area is 138 Å². The summed E-state index contributed by atoms with van der Waals surface area (Å²) in [6.45, 7) is 3.66. The van der Waals surface area contributed by atoms with Gasteiger partial charge < -0.3 is 14.7 Å². The van der Waals surface area contributed by atoms with E-state index in [1.165, 1.54) is 0 Å². The number of ether oxygens (including phenoxy) is 1. The van der Waals surface area contributed by atoms with E-state index in [0.29, 0.717) is 19.0 Å². The maximum Gasteiger partial charge on any atom is 0.224 e. The third-order valence-electron chi connectivity index (χ3n) is 4.76. The summed E-state index contributed by atoms with van der Waals surface area (Å²) in [6, 6.07) is 7.96. The average Bonchev–Trinajstić information content (AvgIpc) is 3.00. The van der Waals surface area contributed by atoms with E-state index in [9.17, 15) is 9.90 Å². The minimum absolute atomic E-state index is 0.0249. The van der Waals surface area contributed by atoms with Crippen molar-refractivity contribution in [2.75, 3.05) is 33.9 Å². The maximum absolute atomic E-state index is 12.3. The van der Waals surface area contributed by atoms with Gasteiger partial charge in [-0.25, -0.2) is 0 Å². The molecule has 1 aliphatic rings. The van der Waals surface area contributed by atoms with E-state index in [1.807, 2.05) is 41.1 Å². The molecule has 2 atom stereocenters. The van der Waals surface area contributed by atoms with Crippen LogP contribution in [0.15, 0.2) is 24.3 Å². The summed E-state index contributed by atoms with van der Waals surface area (Å²) in [5, 5.41) is 9.73. The van der Waals surface area contributed by atoms with Crippen molar-refractivity contribution in [1.29, 1.82) is 0 Å². The third kappa shape index (κ3) is 4.45. The van der Waals surface area contributed by atoms with E-state index in [0.717, 1.165) is 30.7 Å². The van der Waals surface area contributed by atoms with Crippen LogP contribution in [0.4, 0.5) is 0 Å². The Morgan fingerprint density at radius 2 is 2.13 bits per heavy atom. The van der Waals surface area contributed by atoms with E-state index in [2.05, 4.69) is 6.92 Å². The van der Waals surface area contributed by atoms with Gasteiger partial charge in [-0.1, -0.05) is 12.1 Å². The zero-order valence-corrected chi connectivity index (χ0v) is 14.4. The number of aliphatic hydroxyl groups excluding tert-OH is 1. The van der Waals surface area contributed by atoms with Gasteiger partial charge in [0.1, 0.15) is 5.75 Å². The fourth-order valence-corrected chi connectivity index (χ4v) is 3.20. The molecule has 0 aromatic heterocycles. The fraction of sp³-hybridized carbons (Fsp3) is 0.611. The minimum atomic E-state index is -0.107.